The number of carbonyl (C=O) groups is 2. The standard InChI is InChI=1S/C23H34O5/c1-14(24)28-19-5-4-17-16-7-10-22-12-15(25)6-11-23(22,20(26-3)27-13-22)18(16)8-9-21(17,19)2/h16-20H,4-13H2,1-3H3/t16-,17-,18-,19-,20+,21-,22+,23+/m0/s1. The fourth-order valence-corrected chi connectivity index (χ4v) is 8.72. The van der Waals surface area contributed by atoms with Gasteiger partial charge in [0.05, 0.1) is 6.61 Å². The van der Waals surface area contributed by atoms with E-state index in [-0.39, 0.29) is 34.6 Å². The molecule has 4 aliphatic carbocycles. The summed E-state index contributed by atoms with van der Waals surface area (Å²) in [5.41, 5.74) is 0.0568. The number of hydrogen-bond donors (Lipinski definition) is 0. The van der Waals surface area contributed by atoms with Crippen LogP contribution >= 0.6 is 0 Å². The fourth-order valence-electron chi connectivity index (χ4n) is 8.72. The van der Waals surface area contributed by atoms with Gasteiger partial charge in [-0.1, -0.05) is 6.92 Å². The van der Waals surface area contributed by atoms with Gasteiger partial charge < -0.3 is 14.2 Å². The Morgan fingerprint density at radius 1 is 1.11 bits per heavy atom. The van der Waals surface area contributed by atoms with Gasteiger partial charge in [0.25, 0.3) is 0 Å². The van der Waals surface area contributed by atoms with E-state index in [1.54, 1.807) is 7.11 Å². The molecule has 1 heterocycles. The molecule has 1 aliphatic heterocycles. The third-order valence-electron chi connectivity index (χ3n) is 9.76. The summed E-state index contributed by atoms with van der Waals surface area (Å²) in [6, 6.07) is 0. The van der Waals surface area contributed by atoms with Crippen molar-refractivity contribution in [3.05, 3.63) is 0 Å². The van der Waals surface area contributed by atoms with E-state index in [9.17, 15) is 9.59 Å². The Bertz CT molecular complexity index is 690. The molecule has 5 fully saturated rings. The van der Waals surface area contributed by atoms with Gasteiger partial charge in [0.2, 0.25) is 0 Å². The van der Waals surface area contributed by atoms with Crippen molar-refractivity contribution in [2.75, 3.05) is 13.7 Å². The molecule has 5 rings (SSSR count). The Balaban J connectivity index is 1.51. The molecule has 4 saturated carbocycles. The Kier molecular flexibility index (Phi) is 4.27. The molecule has 1 saturated heterocycles. The molecule has 28 heavy (non-hydrogen) atoms. The molecule has 0 spiro atoms. The van der Waals surface area contributed by atoms with Crippen LogP contribution in [0.3, 0.4) is 0 Å². The van der Waals surface area contributed by atoms with Crippen molar-refractivity contribution in [2.45, 2.75) is 84.0 Å². The number of carbonyl (C=O) groups excluding carboxylic acids is 2. The summed E-state index contributed by atoms with van der Waals surface area (Å²) in [7, 11) is 1.77. The second kappa shape index (κ2) is 6.28. The van der Waals surface area contributed by atoms with Crippen molar-refractivity contribution in [1.82, 2.24) is 0 Å². The van der Waals surface area contributed by atoms with Crippen LogP contribution in [0.4, 0.5) is 0 Å². The zero-order valence-corrected chi connectivity index (χ0v) is 17.5. The van der Waals surface area contributed by atoms with Gasteiger partial charge in [-0.3, -0.25) is 9.59 Å². The first kappa shape index (κ1) is 19.0. The summed E-state index contributed by atoms with van der Waals surface area (Å²) in [4.78, 5) is 24.1. The number of esters is 1. The number of hydrogen-bond acceptors (Lipinski definition) is 5. The maximum absolute atomic E-state index is 12.4. The quantitative estimate of drug-likeness (QED) is 0.670. The number of ketones is 1. The van der Waals surface area contributed by atoms with Crippen LogP contribution in [0.2, 0.25) is 0 Å². The summed E-state index contributed by atoms with van der Waals surface area (Å²) in [6.07, 6.45) is 8.77. The van der Waals surface area contributed by atoms with Gasteiger partial charge in [0.15, 0.2) is 6.29 Å². The van der Waals surface area contributed by atoms with Gasteiger partial charge in [-0.2, -0.15) is 0 Å². The summed E-state index contributed by atoms with van der Waals surface area (Å²) in [5.74, 6) is 2.03. The highest BCUT2D eigenvalue weighted by atomic mass is 16.7. The van der Waals surface area contributed by atoms with E-state index < -0.39 is 0 Å². The monoisotopic (exact) mass is 390 g/mol. The van der Waals surface area contributed by atoms with E-state index in [2.05, 4.69) is 6.92 Å². The first-order valence-electron chi connectivity index (χ1n) is 11.2. The lowest BCUT2D eigenvalue weighted by Gasteiger charge is -2.63. The van der Waals surface area contributed by atoms with E-state index in [0.29, 0.717) is 43.0 Å². The lowest BCUT2D eigenvalue weighted by Crippen LogP contribution is -2.62. The third-order valence-corrected chi connectivity index (χ3v) is 9.76. The van der Waals surface area contributed by atoms with Gasteiger partial charge in [-0.05, 0) is 62.7 Å². The second-order valence-corrected chi connectivity index (χ2v) is 10.6. The maximum atomic E-state index is 12.4. The molecular weight excluding hydrogens is 356 g/mol. The second-order valence-electron chi connectivity index (χ2n) is 10.6. The van der Waals surface area contributed by atoms with Crippen molar-refractivity contribution in [2.24, 2.45) is 34.0 Å². The summed E-state index contributed by atoms with van der Waals surface area (Å²) in [5, 5.41) is 0. The molecule has 0 aromatic heterocycles. The van der Waals surface area contributed by atoms with Gasteiger partial charge in [0.1, 0.15) is 11.9 Å². The average molecular weight is 391 g/mol. The third kappa shape index (κ3) is 2.26. The number of rotatable bonds is 2. The van der Waals surface area contributed by atoms with Crippen molar-refractivity contribution >= 4 is 11.8 Å². The summed E-state index contributed by atoms with van der Waals surface area (Å²) in [6.45, 7) is 4.57. The molecule has 156 valence electrons. The van der Waals surface area contributed by atoms with Crippen LogP contribution < -0.4 is 0 Å². The summed E-state index contributed by atoms with van der Waals surface area (Å²) >= 11 is 0. The topological polar surface area (TPSA) is 61.8 Å². The summed E-state index contributed by atoms with van der Waals surface area (Å²) < 4.78 is 17.9. The Morgan fingerprint density at radius 2 is 1.93 bits per heavy atom. The van der Waals surface area contributed by atoms with Crippen molar-refractivity contribution in [1.29, 1.82) is 0 Å². The average Bonchev–Trinajstić information content (AvgIpc) is 3.16. The highest BCUT2D eigenvalue weighted by Crippen LogP contribution is 2.73. The Hall–Kier alpha value is -0.940. The van der Waals surface area contributed by atoms with Crippen molar-refractivity contribution in [3.8, 4) is 0 Å². The molecule has 5 aliphatic rings. The van der Waals surface area contributed by atoms with Crippen LogP contribution in [0.25, 0.3) is 0 Å². The van der Waals surface area contributed by atoms with Crippen LogP contribution in [0.1, 0.15) is 71.6 Å². The number of fused-ring (bicyclic) bond motifs is 3. The normalized spacial score (nSPS) is 52.4. The Labute approximate surface area is 167 Å². The Morgan fingerprint density at radius 3 is 2.68 bits per heavy atom. The van der Waals surface area contributed by atoms with Crippen LogP contribution in [-0.2, 0) is 23.8 Å². The highest BCUT2D eigenvalue weighted by molar-refractivity contribution is 5.80. The molecule has 0 radical (unpaired) electrons. The molecular formula is C23H34O5. The minimum Gasteiger partial charge on any atom is -0.462 e. The van der Waals surface area contributed by atoms with E-state index >= 15 is 0 Å². The van der Waals surface area contributed by atoms with Crippen LogP contribution in [0.5, 0.6) is 0 Å². The maximum Gasteiger partial charge on any atom is 0.302 e. The van der Waals surface area contributed by atoms with Gasteiger partial charge in [-0.15, -0.1) is 0 Å². The van der Waals surface area contributed by atoms with Gasteiger partial charge >= 0.3 is 5.97 Å². The van der Waals surface area contributed by atoms with E-state index in [4.69, 9.17) is 14.2 Å². The molecule has 0 amide bonds. The minimum absolute atomic E-state index is 0.0145. The number of methoxy groups -OCH3 is 1. The zero-order chi connectivity index (χ0) is 19.7. The van der Waals surface area contributed by atoms with Crippen LogP contribution in [-0.4, -0.2) is 37.9 Å². The largest absolute Gasteiger partial charge is 0.462 e. The van der Waals surface area contributed by atoms with E-state index in [1.165, 1.54) is 13.3 Å². The molecule has 0 aromatic rings. The lowest BCUT2D eigenvalue weighted by atomic mass is 9.40. The molecule has 5 nitrogen and oxygen atoms in total. The molecule has 0 bridgehead atoms. The molecule has 0 aromatic carbocycles. The van der Waals surface area contributed by atoms with Gasteiger partial charge in [-0.25, -0.2) is 0 Å². The predicted molar refractivity (Wildman–Crippen MR) is 102 cm³/mol. The fraction of sp³-hybridized carbons (Fsp3) is 0.913. The van der Waals surface area contributed by atoms with Crippen LogP contribution in [0.15, 0.2) is 0 Å². The zero-order valence-electron chi connectivity index (χ0n) is 17.5. The minimum atomic E-state index is -0.177. The van der Waals surface area contributed by atoms with Crippen molar-refractivity contribution in [3.63, 3.8) is 0 Å². The lowest BCUT2D eigenvalue weighted by molar-refractivity contribution is -0.221. The molecule has 0 N–H and O–H groups in total. The van der Waals surface area contributed by atoms with Crippen molar-refractivity contribution < 1.29 is 23.8 Å². The van der Waals surface area contributed by atoms with Gasteiger partial charge in [0, 0.05) is 43.1 Å². The SMILES string of the molecule is CO[C@@H]1OC[C@]23CC[C@H]4[C@@H]5CC[C@H](OC(C)=O)[C@@]5(C)CC[C@@H]4[C@]12CCC(=O)C3. The first-order valence-corrected chi connectivity index (χ1v) is 11.2. The smallest absolute Gasteiger partial charge is 0.302 e. The molecule has 0 unspecified atom stereocenters. The first-order chi connectivity index (χ1) is 13.4. The van der Waals surface area contributed by atoms with E-state index in [1.807, 2.05) is 0 Å². The number of ether oxygens (including phenoxy) is 3. The van der Waals surface area contributed by atoms with E-state index in [0.717, 1.165) is 38.5 Å². The highest BCUT2D eigenvalue weighted by Gasteiger charge is 2.72. The molecule has 5 heteroatoms. The van der Waals surface area contributed by atoms with Crippen LogP contribution in [0, 0.1) is 34.0 Å². The number of Topliss-reactive ketones (excluding diaryl/α,β-unsaturated/α-hetero) is 1. The molecule has 8 atom stereocenters. The predicted octanol–water partition coefficient (Wildman–Crippen LogP) is 3.88.